The van der Waals surface area contributed by atoms with E-state index in [9.17, 15) is 14.7 Å². The van der Waals surface area contributed by atoms with Crippen molar-refractivity contribution in [1.82, 2.24) is 0 Å². The number of carbonyl (C=O) groups excluding carboxylic acids is 1. The van der Waals surface area contributed by atoms with Crippen LogP contribution < -0.4 is 15.9 Å². The SMILES string of the molecule is COC(=O)C1=C(N)Oc2c(oc(CO)cc2=O)[C@@H]1c1ccc(Cl)cc1. The van der Waals surface area contributed by atoms with Crippen molar-refractivity contribution in [3.8, 4) is 5.75 Å². The Hall–Kier alpha value is -2.77. The first-order chi connectivity index (χ1) is 12.0. The van der Waals surface area contributed by atoms with Crippen molar-refractivity contribution in [3.05, 3.63) is 74.1 Å². The Kier molecular flexibility index (Phi) is 4.52. The van der Waals surface area contributed by atoms with Crippen molar-refractivity contribution >= 4 is 17.6 Å². The Labute approximate surface area is 147 Å². The van der Waals surface area contributed by atoms with Crippen LogP contribution in [0.5, 0.6) is 5.75 Å². The first kappa shape index (κ1) is 17.1. The lowest BCUT2D eigenvalue weighted by Crippen LogP contribution is -2.29. The Morgan fingerprint density at radius 1 is 1.36 bits per heavy atom. The first-order valence-electron chi connectivity index (χ1n) is 7.25. The van der Waals surface area contributed by atoms with Gasteiger partial charge in [-0.1, -0.05) is 23.7 Å². The highest BCUT2D eigenvalue weighted by Crippen LogP contribution is 2.41. The number of fused-ring (bicyclic) bond motifs is 1. The molecule has 7 nitrogen and oxygen atoms in total. The van der Waals surface area contributed by atoms with E-state index < -0.39 is 23.9 Å². The molecule has 1 aliphatic rings. The summed E-state index contributed by atoms with van der Waals surface area (Å²) in [5.74, 6) is -1.84. The van der Waals surface area contributed by atoms with Gasteiger partial charge in [-0.25, -0.2) is 4.79 Å². The second kappa shape index (κ2) is 6.62. The summed E-state index contributed by atoms with van der Waals surface area (Å²) in [6, 6.07) is 7.71. The molecule has 2 aromatic rings. The van der Waals surface area contributed by atoms with Crippen LogP contribution in [-0.4, -0.2) is 18.2 Å². The van der Waals surface area contributed by atoms with E-state index >= 15 is 0 Å². The van der Waals surface area contributed by atoms with Crippen LogP contribution in [-0.2, 0) is 16.1 Å². The lowest BCUT2D eigenvalue weighted by molar-refractivity contribution is -0.136. The minimum Gasteiger partial charge on any atom is -0.465 e. The summed E-state index contributed by atoms with van der Waals surface area (Å²) in [7, 11) is 1.21. The van der Waals surface area contributed by atoms with Gasteiger partial charge in [-0.15, -0.1) is 0 Å². The monoisotopic (exact) mass is 363 g/mol. The number of nitrogens with two attached hydrogens (primary N) is 1. The second-order valence-electron chi connectivity index (χ2n) is 5.28. The first-order valence-corrected chi connectivity index (χ1v) is 7.63. The fourth-order valence-electron chi connectivity index (χ4n) is 2.66. The zero-order chi connectivity index (χ0) is 18.1. The largest absolute Gasteiger partial charge is 0.465 e. The van der Waals surface area contributed by atoms with Gasteiger partial charge in [-0.05, 0) is 17.7 Å². The number of rotatable bonds is 3. The van der Waals surface area contributed by atoms with Crippen molar-refractivity contribution < 1.29 is 23.8 Å². The molecule has 0 amide bonds. The molecule has 25 heavy (non-hydrogen) atoms. The molecule has 0 saturated heterocycles. The van der Waals surface area contributed by atoms with Gasteiger partial charge < -0.3 is 24.7 Å². The number of halogens is 1. The molecule has 0 aliphatic carbocycles. The third-order valence-electron chi connectivity index (χ3n) is 3.77. The molecule has 1 aliphatic heterocycles. The lowest BCUT2D eigenvalue weighted by Gasteiger charge is -2.26. The molecular formula is C17H14ClNO6. The predicted octanol–water partition coefficient (Wildman–Crippen LogP) is 1.65. The molecule has 130 valence electrons. The normalized spacial score (nSPS) is 16.2. The summed E-state index contributed by atoms with van der Waals surface area (Å²) in [6.07, 6.45) is 0. The molecule has 1 aromatic carbocycles. The molecule has 3 rings (SSSR count). The number of carbonyl (C=O) groups is 1. The van der Waals surface area contributed by atoms with Gasteiger partial charge in [0.15, 0.2) is 5.76 Å². The maximum atomic E-state index is 12.3. The zero-order valence-corrected chi connectivity index (χ0v) is 13.9. The van der Waals surface area contributed by atoms with Crippen molar-refractivity contribution in [2.45, 2.75) is 12.5 Å². The highest BCUT2D eigenvalue weighted by atomic mass is 35.5. The molecule has 0 fully saturated rings. The minimum absolute atomic E-state index is 0.00411. The van der Waals surface area contributed by atoms with Gasteiger partial charge in [0.05, 0.1) is 13.0 Å². The van der Waals surface area contributed by atoms with Gasteiger partial charge in [0.1, 0.15) is 17.9 Å². The van der Waals surface area contributed by atoms with Gasteiger partial charge >= 0.3 is 5.97 Å². The van der Waals surface area contributed by atoms with E-state index in [1.165, 1.54) is 7.11 Å². The Balaban J connectivity index is 2.29. The van der Waals surface area contributed by atoms with Crippen molar-refractivity contribution in [1.29, 1.82) is 0 Å². The van der Waals surface area contributed by atoms with Crippen LogP contribution in [0.25, 0.3) is 0 Å². The number of hydrogen-bond acceptors (Lipinski definition) is 7. The van der Waals surface area contributed by atoms with Gasteiger partial charge in [0.25, 0.3) is 0 Å². The number of hydrogen-bond donors (Lipinski definition) is 2. The number of methoxy groups -OCH3 is 1. The van der Waals surface area contributed by atoms with Crippen LogP contribution in [0.3, 0.4) is 0 Å². The smallest absolute Gasteiger partial charge is 0.340 e. The molecular weight excluding hydrogens is 350 g/mol. The maximum absolute atomic E-state index is 12.3. The molecule has 3 N–H and O–H groups in total. The fraction of sp³-hybridized carbons (Fsp3) is 0.176. The fourth-order valence-corrected chi connectivity index (χ4v) is 2.78. The quantitative estimate of drug-likeness (QED) is 0.797. The van der Waals surface area contributed by atoms with Crippen molar-refractivity contribution in [2.75, 3.05) is 7.11 Å². The Morgan fingerprint density at radius 2 is 2.04 bits per heavy atom. The van der Waals surface area contributed by atoms with E-state index in [1.54, 1.807) is 24.3 Å². The molecule has 2 heterocycles. The van der Waals surface area contributed by atoms with E-state index in [0.717, 1.165) is 6.07 Å². The maximum Gasteiger partial charge on any atom is 0.340 e. The number of benzene rings is 1. The third-order valence-corrected chi connectivity index (χ3v) is 4.03. The number of aliphatic hydroxyl groups is 1. The van der Waals surface area contributed by atoms with Crippen LogP contribution in [0.1, 0.15) is 23.0 Å². The summed E-state index contributed by atoms with van der Waals surface area (Å²) in [5.41, 5.74) is 5.94. The van der Waals surface area contributed by atoms with Crippen LogP contribution in [0.15, 0.2) is 51.0 Å². The summed E-state index contributed by atoms with van der Waals surface area (Å²) < 4.78 is 15.7. The van der Waals surface area contributed by atoms with Crippen LogP contribution >= 0.6 is 11.6 Å². The van der Waals surface area contributed by atoms with Crippen molar-refractivity contribution in [2.24, 2.45) is 5.73 Å². The van der Waals surface area contributed by atoms with Crippen LogP contribution in [0, 0.1) is 0 Å². The number of ether oxygens (including phenoxy) is 2. The average molecular weight is 364 g/mol. The number of esters is 1. The number of aliphatic hydroxyl groups excluding tert-OH is 1. The molecule has 0 radical (unpaired) electrons. The Bertz CT molecular complexity index is 916. The molecule has 0 bridgehead atoms. The summed E-state index contributed by atoms with van der Waals surface area (Å²) in [5, 5.41) is 9.81. The second-order valence-corrected chi connectivity index (χ2v) is 5.72. The van der Waals surface area contributed by atoms with Gasteiger partial charge in [-0.3, -0.25) is 4.79 Å². The summed E-state index contributed by atoms with van der Waals surface area (Å²) >= 11 is 5.92. The van der Waals surface area contributed by atoms with E-state index in [1.807, 2.05) is 0 Å². The molecule has 1 atom stereocenters. The topological polar surface area (TPSA) is 112 Å². The highest BCUT2D eigenvalue weighted by Gasteiger charge is 2.38. The zero-order valence-electron chi connectivity index (χ0n) is 13.1. The van der Waals surface area contributed by atoms with Gasteiger partial charge in [0, 0.05) is 11.1 Å². The van der Waals surface area contributed by atoms with Gasteiger partial charge in [0.2, 0.25) is 17.1 Å². The summed E-state index contributed by atoms with van der Waals surface area (Å²) in [4.78, 5) is 24.5. The third kappa shape index (κ3) is 2.99. The van der Waals surface area contributed by atoms with Crippen LogP contribution in [0.4, 0.5) is 0 Å². The van der Waals surface area contributed by atoms with Crippen molar-refractivity contribution in [3.63, 3.8) is 0 Å². The summed E-state index contributed by atoms with van der Waals surface area (Å²) in [6.45, 7) is -0.484. The van der Waals surface area contributed by atoms with E-state index in [0.29, 0.717) is 10.6 Å². The molecule has 0 saturated carbocycles. The highest BCUT2D eigenvalue weighted by molar-refractivity contribution is 6.30. The molecule has 0 unspecified atom stereocenters. The van der Waals surface area contributed by atoms with Gasteiger partial charge in [-0.2, -0.15) is 0 Å². The van der Waals surface area contributed by atoms with E-state index in [-0.39, 0.29) is 28.7 Å². The Morgan fingerprint density at radius 3 is 2.64 bits per heavy atom. The standard InChI is InChI=1S/C17H14ClNO6/c1-23-17(22)13-12(8-2-4-9(18)5-3-8)15-14(25-16(13)19)11(21)6-10(7-20)24-15/h2-6,12,20H,7,19H2,1H3/t12-/m1/s1. The van der Waals surface area contributed by atoms with E-state index in [2.05, 4.69) is 0 Å². The molecule has 1 aromatic heterocycles. The molecule has 0 spiro atoms. The van der Waals surface area contributed by atoms with Crippen LogP contribution in [0.2, 0.25) is 5.02 Å². The minimum atomic E-state index is -0.840. The molecule has 8 heteroatoms. The predicted molar refractivity (Wildman–Crippen MR) is 88.1 cm³/mol. The average Bonchev–Trinajstić information content (AvgIpc) is 2.61. The van der Waals surface area contributed by atoms with E-state index in [4.69, 9.17) is 31.2 Å². The lowest BCUT2D eigenvalue weighted by atomic mass is 9.87.